The second kappa shape index (κ2) is 13.3. The number of hydrogen-bond acceptors (Lipinski definition) is 0. The zero-order valence-electron chi connectivity index (χ0n) is 36.5. The first kappa shape index (κ1) is 41.1. The minimum absolute atomic E-state index is 0.00107. The standard InChI is InChI=1S/C50H73Si/c1-33(2)34-21-22-41(23-34)51(42-27-35(45(3,4)5)24-36(28-42)46(6,7)8,43-29-37(47(9,10)11)25-38(30-43)48(12,13)14)44-31-39(49(15,16)17)26-40(32-44)50(18,19)20/h21-33H,1-20H3. The lowest BCUT2D eigenvalue weighted by molar-refractivity contribution is 0.569. The first-order valence-electron chi connectivity index (χ1n) is 19.6. The summed E-state index contributed by atoms with van der Waals surface area (Å²) in [5.41, 5.74) is 11.4. The SMILES string of the molecule is CC(C)C1=C[C]([Si](c2cc(C(C)(C)C)cc(C(C)(C)C)c2)(c2cc(C(C)(C)C)cc(C(C)(C)C)c2)c2cc(C(C)(C)C)cc(C(C)(C)C)c2)C=C1. The van der Waals surface area contributed by atoms with Gasteiger partial charge in [-0.25, -0.2) is 0 Å². The highest BCUT2D eigenvalue weighted by Gasteiger charge is 2.49. The summed E-state index contributed by atoms with van der Waals surface area (Å²) in [6, 6.07) is 23.3. The molecule has 0 atom stereocenters. The highest BCUT2D eigenvalue weighted by atomic mass is 28.3. The van der Waals surface area contributed by atoms with Crippen LogP contribution in [0.3, 0.4) is 0 Å². The van der Waals surface area contributed by atoms with Crippen molar-refractivity contribution < 1.29 is 0 Å². The molecule has 3 aromatic rings. The summed E-state index contributed by atoms with van der Waals surface area (Å²) in [5.74, 6) is 0.452. The molecule has 0 heterocycles. The molecule has 0 saturated carbocycles. The maximum Gasteiger partial charge on any atom is 0.162 e. The summed E-state index contributed by atoms with van der Waals surface area (Å²) < 4.78 is 0. The fourth-order valence-corrected chi connectivity index (χ4v) is 12.1. The van der Waals surface area contributed by atoms with E-state index >= 15 is 0 Å². The molecule has 1 aliphatic carbocycles. The summed E-state index contributed by atoms with van der Waals surface area (Å²) in [7, 11) is -2.99. The van der Waals surface area contributed by atoms with Crippen LogP contribution < -0.4 is 15.6 Å². The smallest absolute Gasteiger partial charge is 0.0750 e. The second-order valence-electron chi connectivity index (χ2n) is 22.2. The molecule has 1 heteroatoms. The van der Waals surface area contributed by atoms with Crippen molar-refractivity contribution in [3.8, 4) is 0 Å². The van der Waals surface area contributed by atoms with Crippen molar-refractivity contribution >= 4 is 23.6 Å². The Morgan fingerprint density at radius 3 is 0.765 bits per heavy atom. The van der Waals surface area contributed by atoms with Gasteiger partial charge in [-0.1, -0.05) is 211 Å². The number of benzene rings is 3. The minimum Gasteiger partial charge on any atom is -0.0750 e. The molecular formula is C50H73Si. The zero-order valence-corrected chi connectivity index (χ0v) is 37.5. The van der Waals surface area contributed by atoms with Crippen molar-refractivity contribution in [3.05, 3.63) is 117 Å². The summed E-state index contributed by atoms with van der Waals surface area (Å²) in [6.07, 6.45) is 7.54. The maximum atomic E-state index is 2.63. The lowest BCUT2D eigenvalue weighted by Crippen LogP contribution is -2.71. The van der Waals surface area contributed by atoms with Gasteiger partial charge in [-0.15, -0.1) is 0 Å². The van der Waals surface area contributed by atoms with E-state index < -0.39 is 8.07 Å². The second-order valence-corrected chi connectivity index (χ2v) is 26.0. The first-order valence-corrected chi connectivity index (χ1v) is 21.6. The van der Waals surface area contributed by atoms with E-state index in [1.54, 1.807) is 0 Å². The van der Waals surface area contributed by atoms with Crippen LogP contribution in [-0.4, -0.2) is 8.07 Å². The van der Waals surface area contributed by atoms with Crippen LogP contribution in [-0.2, 0) is 32.5 Å². The Morgan fingerprint density at radius 2 is 0.588 bits per heavy atom. The highest BCUT2D eigenvalue weighted by molar-refractivity contribution is 7.15. The average molecular weight is 702 g/mol. The lowest BCUT2D eigenvalue weighted by atomic mass is 9.80. The van der Waals surface area contributed by atoms with Gasteiger partial charge in [-0.3, -0.25) is 0 Å². The van der Waals surface area contributed by atoms with Crippen molar-refractivity contribution in [3.63, 3.8) is 0 Å². The van der Waals surface area contributed by atoms with Crippen LogP contribution in [0.2, 0.25) is 0 Å². The van der Waals surface area contributed by atoms with Gasteiger partial charge in [0.2, 0.25) is 0 Å². The van der Waals surface area contributed by atoms with Crippen molar-refractivity contribution in [2.24, 2.45) is 5.92 Å². The zero-order chi connectivity index (χ0) is 38.9. The molecule has 0 amide bonds. The predicted molar refractivity (Wildman–Crippen MR) is 231 cm³/mol. The Hall–Kier alpha value is -2.64. The molecule has 0 nitrogen and oxygen atoms in total. The Labute approximate surface area is 316 Å². The van der Waals surface area contributed by atoms with Crippen molar-refractivity contribution in [2.45, 2.75) is 171 Å². The largest absolute Gasteiger partial charge is 0.162 e. The fraction of sp³-hybridized carbons (Fsp3) is 0.540. The van der Waals surface area contributed by atoms with Crippen LogP contribution in [0.4, 0.5) is 0 Å². The third-order valence-electron chi connectivity index (χ3n) is 11.2. The molecule has 0 aromatic heterocycles. The third-order valence-corrected chi connectivity index (χ3v) is 15.8. The molecule has 0 aliphatic heterocycles. The van der Waals surface area contributed by atoms with Gasteiger partial charge in [-0.05, 0) is 92.9 Å². The molecule has 0 unspecified atom stereocenters. The van der Waals surface area contributed by atoms with E-state index in [1.807, 2.05) is 0 Å². The molecule has 4 rings (SSSR count). The number of allylic oxidation sites excluding steroid dienone is 4. The summed E-state index contributed by atoms with van der Waals surface area (Å²) in [5, 5.41) is 4.49. The normalized spacial score (nSPS) is 15.6. The molecule has 51 heavy (non-hydrogen) atoms. The van der Waals surface area contributed by atoms with E-state index in [4.69, 9.17) is 0 Å². The monoisotopic (exact) mass is 702 g/mol. The molecule has 277 valence electrons. The molecule has 1 aliphatic rings. The van der Waals surface area contributed by atoms with Crippen LogP contribution >= 0.6 is 0 Å². The molecule has 0 saturated heterocycles. The van der Waals surface area contributed by atoms with Gasteiger partial charge in [-0.2, -0.15) is 0 Å². The first-order chi connectivity index (χ1) is 22.9. The number of hydrogen-bond donors (Lipinski definition) is 0. The predicted octanol–water partition coefficient (Wildman–Crippen LogP) is 12.2. The Bertz CT molecular complexity index is 1520. The third kappa shape index (κ3) is 8.61. The highest BCUT2D eigenvalue weighted by Crippen LogP contribution is 2.38. The van der Waals surface area contributed by atoms with Crippen LogP contribution in [0.5, 0.6) is 0 Å². The molecular weight excluding hydrogens is 629 g/mol. The van der Waals surface area contributed by atoms with Crippen LogP contribution in [0.25, 0.3) is 0 Å². The molecule has 1 radical (unpaired) electrons. The van der Waals surface area contributed by atoms with Gasteiger partial charge in [0.05, 0.1) is 0 Å². The summed E-state index contributed by atoms with van der Waals surface area (Å²) >= 11 is 0. The minimum atomic E-state index is -2.99. The van der Waals surface area contributed by atoms with Gasteiger partial charge >= 0.3 is 0 Å². The van der Waals surface area contributed by atoms with Crippen LogP contribution in [0, 0.1) is 11.5 Å². The lowest BCUT2D eigenvalue weighted by Gasteiger charge is -2.42. The van der Waals surface area contributed by atoms with Gasteiger partial charge in [0, 0.05) is 5.54 Å². The van der Waals surface area contributed by atoms with Gasteiger partial charge < -0.3 is 0 Å². The van der Waals surface area contributed by atoms with Crippen LogP contribution in [0.1, 0.15) is 172 Å². The van der Waals surface area contributed by atoms with Gasteiger partial charge in [0.25, 0.3) is 0 Å². The Balaban J connectivity index is 2.45. The average Bonchev–Trinajstić information content (AvgIpc) is 3.45. The summed E-state index contributed by atoms with van der Waals surface area (Å²) in [4.78, 5) is 0. The van der Waals surface area contributed by atoms with E-state index in [1.165, 1.54) is 60.1 Å². The van der Waals surface area contributed by atoms with E-state index in [9.17, 15) is 0 Å². The quantitative estimate of drug-likeness (QED) is 0.183. The van der Waals surface area contributed by atoms with Gasteiger partial charge in [0.15, 0.2) is 8.07 Å². The molecule has 3 aromatic carbocycles. The molecule has 0 spiro atoms. The molecule has 0 bridgehead atoms. The van der Waals surface area contributed by atoms with E-state index in [2.05, 4.69) is 211 Å². The Morgan fingerprint density at radius 1 is 0.353 bits per heavy atom. The van der Waals surface area contributed by atoms with E-state index in [0.717, 1.165) is 0 Å². The van der Waals surface area contributed by atoms with E-state index in [-0.39, 0.29) is 32.5 Å². The van der Waals surface area contributed by atoms with Crippen molar-refractivity contribution in [1.29, 1.82) is 0 Å². The van der Waals surface area contributed by atoms with E-state index in [0.29, 0.717) is 5.92 Å². The fourth-order valence-electron chi connectivity index (χ4n) is 7.18. The van der Waals surface area contributed by atoms with Crippen molar-refractivity contribution in [2.75, 3.05) is 0 Å². The summed E-state index contributed by atoms with van der Waals surface area (Å²) in [6.45, 7) is 47.6. The van der Waals surface area contributed by atoms with Gasteiger partial charge in [0.1, 0.15) is 0 Å². The van der Waals surface area contributed by atoms with Crippen LogP contribution in [0.15, 0.2) is 78.4 Å². The topological polar surface area (TPSA) is 0 Å². The van der Waals surface area contributed by atoms with Crippen molar-refractivity contribution in [1.82, 2.24) is 0 Å². The number of rotatable bonds is 5. The Kier molecular flexibility index (Phi) is 10.8. The molecule has 0 fully saturated rings. The molecule has 0 N–H and O–H groups in total. The maximum absolute atomic E-state index is 2.99.